The molecule has 100 valence electrons. The van der Waals surface area contributed by atoms with E-state index in [0.29, 0.717) is 11.1 Å². The minimum absolute atomic E-state index is 0.0759. The second-order valence-corrected chi connectivity index (χ2v) is 4.11. The predicted octanol–water partition coefficient (Wildman–Crippen LogP) is 2.09. The van der Waals surface area contributed by atoms with Crippen LogP contribution in [-0.2, 0) is 0 Å². The lowest BCUT2D eigenvalue weighted by molar-refractivity contribution is -0.255. The third kappa shape index (κ3) is 3.38. The zero-order chi connectivity index (χ0) is 14.5. The first-order chi connectivity index (χ1) is 9.56. The molecular weight excluding hydrogens is 259 g/mol. The highest BCUT2D eigenvalue weighted by molar-refractivity contribution is 6.06. The molecule has 0 spiro atoms. The minimum atomic E-state index is -1.25. The molecule has 0 unspecified atom stereocenters. The van der Waals surface area contributed by atoms with Crippen molar-refractivity contribution in [3.05, 3.63) is 77.1 Å². The summed E-state index contributed by atoms with van der Waals surface area (Å²) in [6.45, 7) is 0. The molecule has 0 aliphatic heterocycles. The van der Waals surface area contributed by atoms with Crippen LogP contribution in [0.5, 0.6) is 0 Å². The number of hydrogen-bond donors (Lipinski definition) is 0. The number of hydrogen-bond acceptors (Lipinski definition) is 3. The first-order valence-corrected chi connectivity index (χ1v) is 5.85. The van der Waals surface area contributed by atoms with Crippen molar-refractivity contribution in [1.29, 1.82) is 0 Å². The van der Waals surface area contributed by atoms with E-state index in [2.05, 4.69) is 0 Å². The number of benzene rings is 2. The van der Waals surface area contributed by atoms with Gasteiger partial charge in [-0.3, -0.25) is 4.79 Å². The first-order valence-electron chi connectivity index (χ1n) is 5.85. The van der Waals surface area contributed by atoms with Gasteiger partial charge in [0.25, 0.3) is 0 Å². The lowest BCUT2D eigenvalue weighted by Gasteiger charge is -2.01. The second kappa shape index (κ2) is 5.93. The first kappa shape index (κ1) is 13.7. The van der Waals surface area contributed by atoms with E-state index in [1.165, 1.54) is 42.5 Å². The Bertz CT molecular complexity index is 655. The van der Waals surface area contributed by atoms with Crippen LogP contribution in [-0.4, -0.2) is 11.8 Å². The SMILES string of the molecule is O=C([O-])c1ccc(/C=C/C(=O)c2ccc(F)cc2)cc1. The van der Waals surface area contributed by atoms with Gasteiger partial charge in [0.15, 0.2) is 5.78 Å². The fourth-order valence-corrected chi connectivity index (χ4v) is 1.61. The Morgan fingerprint density at radius 1 is 0.900 bits per heavy atom. The highest BCUT2D eigenvalue weighted by Crippen LogP contribution is 2.08. The molecule has 2 rings (SSSR count). The molecule has 0 bridgehead atoms. The van der Waals surface area contributed by atoms with Crippen molar-refractivity contribution in [2.24, 2.45) is 0 Å². The molecule has 0 aliphatic carbocycles. The van der Waals surface area contributed by atoms with Crippen LogP contribution in [0.4, 0.5) is 4.39 Å². The molecule has 0 aliphatic rings. The van der Waals surface area contributed by atoms with E-state index in [4.69, 9.17) is 0 Å². The average Bonchev–Trinajstić information content (AvgIpc) is 2.46. The average molecular weight is 269 g/mol. The lowest BCUT2D eigenvalue weighted by Crippen LogP contribution is -2.21. The van der Waals surface area contributed by atoms with E-state index in [9.17, 15) is 19.1 Å². The summed E-state index contributed by atoms with van der Waals surface area (Å²) in [4.78, 5) is 22.4. The predicted molar refractivity (Wildman–Crippen MR) is 70.5 cm³/mol. The molecule has 20 heavy (non-hydrogen) atoms. The van der Waals surface area contributed by atoms with E-state index in [0.717, 1.165) is 0 Å². The highest BCUT2D eigenvalue weighted by atomic mass is 19.1. The Hall–Kier alpha value is -2.75. The standard InChI is InChI=1S/C16H11FO3/c17-14-8-6-12(7-9-14)15(18)10-3-11-1-4-13(5-2-11)16(19)20/h1-10H,(H,19,20)/p-1/b10-3+. The Morgan fingerprint density at radius 3 is 2.00 bits per heavy atom. The number of ketones is 1. The fraction of sp³-hybridized carbons (Fsp3) is 0. The molecule has 2 aromatic carbocycles. The third-order valence-corrected chi connectivity index (χ3v) is 2.70. The monoisotopic (exact) mass is 269 g/mol. The molecule has 0 radical (unpaired) electrons. The van der Waals surface area contributed by atoms with Gasteiger partial charge in [-0.05, 0) is 41.5 Å². The van der Waals surface area contributed by atoms with Crippen molar-refractivity contribution in [1.82, 2.24) is 0 Å². The summed E-state index contributed by atoms with van der Waals surface area (Å²) in [7, 11) is 0. The van der Waals surface area contributed by atoms with Crippen molar-refractivity contribution in [2.75, 3.05) is 0 Å². The summed E-state index contributed by atoms with van der Waals surface area (Å²) >= 11 is 0. The summed E-state index contributed by atoms with van der Waals surface area (Å²) in [5, 5.41) is 10.6. The Balaban J connectivity index is 2.10. The van der Waals surface area contributed by atoms with Crippen molar-refractivity contribution in [3.8, 4) is 0 Å². The topological polar surface area (TPSA) is 57.2 Å². The van der Waals surface area contributed by atoms with Gasteiger partial charge in [-0.2, -0.15) is 0 Å². The smallest absolute Gasteiger partial charge is 0.185 e. The van der Waals surface area contributed by atoms with E-state index in [1.807, 2.05) is 0 Å². The molecule has 0 saturated heterocycles. The molecule has 2 aromatic rings. The van der Waals surface area contributed by atoms with Gasteiger partial charge < -0.3 is 9.90 Å². The second-order valence-electron chi connectivity index (χ2n) is 4.11. The molecule has 0 aromatic heterocycles. The zero-order valence-electron chi connectivity index (χ0n) is 10.4. The van der Waals surface area contributed by atoms with Crippen LogP contribution in [0.25, 0.3) is 6.08 Å². The van der Waals surface area contributed by atoms with E-state index in [-0.39, 0.29) is 11.3 Å². The van der Waals surface area contributed by atoms with Gasteiger partial charge in [0, 0.05) is 5.56 Å². The number of carboxylic acid groups (broad SMARTS) is 1. The van der Waals surface area contributed by atoms with Crippen LogP contribution >= 0.6 is 0 Å². The number of carbonyl (C=O) groups is 2. The lowest BCUT2D eigenvalue weighted by atomic mass is 10.1. The molecule has 0 atom stereocenters. The van der Waals surface area contributed by atoms with Gasteiger partial charge >= 0.3 is 0 Å². The van der Waals surface area contributed by atoms with E-state index < -0.39 is 11.8 Å². The molecular formula is C16H10FO3-. The summed E-state index contributed by atoms with van der Waals surface area (Å²) in [6.07, 6.45) is 2.91. The third-order valence-electron chi connectivity index (χ3n) is 2.70. The van der Waals surface area contributed by atoms with Gasteiger partial charge in [0.2, 0.25) is 0 Å². The highest BCUT2D eigenvalue weighted by Gasteiger charge is 2.01. The van der Waals surface area contributed by atoms with Crippen molar-refractivity contribution in [2.45, 2.75) is 0 Å². The van der Waals surface area contributed by atoms with Crippen LogP contribution in [0, 0.1) is 5.82 Å². The quantitative estimate of drug-likeness (QED) is 0.630. The maximum absolute atomic E-state index is 12.7. The van der Waals surface area contributed by atoms with Crippen LogP contribution in [0.1, 0.15) is 26.3 Å². The molecule has 0 fully saturated rings. The van der Waals surface area contributed by atoms with Crippen molar-refractivity contribution >= 4 is 17.8 Å². The van der Waals surface area contributed by atoms with Crippen LogP contribution in [0.3, 0.4) is 0 Å². The molecule has 4 heteroatoms. The number of carbonyl (C=O) groups excluding carboxylic acids is 2. The van der Waals surface area contributed by atoms with Crippen LogP contribution < -0.4 is 5.11 Å². The number of rotatable bonds is 4. The van der Waals surface area contributed by atoms with Crippen LogP contribution in [0.15, 0.2) is 54.6 Å². The maximum atomic E-state index is 12.7. The van der Waals surface area contributed by atoms with Crippen molar-refractivity contribution in [3.63, 3.8) is 0 Å². The normalized spacial score (nSPS) is 10.7. The van der Waals surface area contributed by atoms with E-state index in [1.54, 1.807) is 18.2 Å². The summed E-state index contributed by atoms with van der Waals surface area (Å²) < 4.78 is 12.7. The van der Waals surface area contributed by atoms with Gasteiger partial charge in [0.1, 0.15) is 5.82 Å². The number of carboxylic acids is 1. The molecule has 0 N–H and O–H groups in total. The van der Waals surface area contributed by atoms with Gasteiger partial charge in [-0.15, -0.1) is 0 Å². The Labute approximate surface area is 115 Å². The molecule has 0 heterocycles. The van der Waals surface area contributed by atoms with Crippen molar-refractivity contribution < 1.29 is 19.1 Å². The minimum Gasteiger partial charge on any atom is -0.545 e. The van der Waals surface area contributed by atoms with Gasteiger partial charge in [-0.25, -0.2) is 4.39 Å². The Kier molecular flexibility index (Phi) is 4.05. The maximum Gasteiger partial charge on any atom is 0.185 e. The van der Waals surface area contributed by atoms with Gasteiger partial charge in [-0.1, -0.05) is 30.3 Å². The molecule has 0 saturated carbocycles. The number of aromatic carboxylic acids is 1. The van der Waals surface area contributed by atoms with Gasteiger partial charge in [0.05, 0.1) is 5.97 Å². The largest absolute Gasteiger partial charge is 0.545 e. The summed E-state index contributed by atoms with van der Waals surface area (Å²) in [5.74, 6) is -1.90. The summed E-state index contributed by atoms with van der Waals surface area (Å²) in [5.41, 5.74) is 1.14. The van der Waals surface area contributed by atoms with Crippen LogP contribution in [0.2, 0.25) is 0 Å². The number of allylic oxidation sites excluding steroid dienone is 1. The number of halogens is 1. The fourth-order valence-electron chi connectivity index (χ4n) is 1.61. The zero-order valence-corrected chi connectivity index (χ0v) is 10.4. The Morgan fingerprint density at radius 2 is 1.45 bits per heavy atom. The molecule has 3 nitrogen and oxygen atoms in total. The molecule has 0 amide bonds. The van der Waals surface area contributed by atoms with E-state index >= 15 is 0 Å². The summed E-state index contributed by atoms with van der Waals surface area (Å²) in [6, 6.07) is 11.2.